The highest BCUT2D eigenvalue weighted by molar-refractivity contribution is 9.10. The lowest BCUT2D eigenvalue weighted by molar-refractivity contribution is 0.433. The third-order valence-electron chi connectivity index (χ3n) is 2.20. The van der Waals surface area contributed by atoms with E-state index in [0.29, 0.717) is 16.2 Å². The van der Waals surface area contributed by atoms with Crippen LogP contribution in [0, 0.1) is 0 Å². The Balaban J connectivity index is 2.59. The Morgan fingerprint density at radius 3 is 2.73 bits per heavy atom. The lowest BCUT2D eigenvalue weighted by Gasteiger charge is -2.03. The van der Waals surface area contributed by atoms with Crippen LogP contribution in [-0.4, -0.2) is 5.16 Å². The molecule has 0 saturated carbocycles. The van der Waals surface area contributed by atoms with E-state index in [2.05, 4.69) is 21.1 Å². The van der Waals surface area contributed by atoms with E-state index in [0.717, 1.165) is 11.1 Å². The van der Waals surface area contributed by atoms with Crippen molar-refractivity contribution in [2.24, 2.45) is 0 Å². The van der Waals surface area contributed by atoms with E-state index in [4.69, 9.17) is 14.7 Å². The summed E-state index contributed by atoms with van der Waals surface area (Å²) in [6, 6.07) is 1.82. The van der Waals surface area contributed by atoms with E-state index in [9.17, 15) is 0 Å². The van der Waals surface area contributed by atoms with Crippen molar-refractivity contribution in [3.8, 4) is 11.3 Å². The van der Waals surface area contributed by atoms with E-state index in [1.807, 2.05) is 19.9 Å². The molecule has 2 N–H and O–H groups in total. The molecular weight excluding hydrogens is 260 g/mol. The van der Waals surface area contributed by atoms with Crippen molar-refractivity contribution in [3.05, 3.63) is 22.6 Å². The molecule has 0 spiro atoms. The molecule has 0 atom stereocenters. The molecule has 0 aliphatic rings. The van der Waals surface area contributed by atoms with Crippen molar-refractivity contribution in [1.82, 2.24) is 5.16 Å². The predicted octanol–water partition coefficient (Wildman–Crippen LogP) is 3.40. The number of anilines is 1. The molecule has 5 heteroatoms. The third kappa shape index (κ3) is 1.67. The second-order valence-corrected chi connectivity index (χ2v) is 4.29. The number of rotatable bonds is 2. The standard InChI is InChI=1S/C10H11BrN2O2/c1-5(2)7-8(15-13-10(7)12)6-3-4-14-9(6)11/h3-5H,1-2H3,(H2,12,13). The number of aromatic nitrogens is 1. The summed E-state index contributed by atoms with van der Waals surface area (Å²) in [6.07, 6.45) is 1.59. The first kappa shape index (κ1) is 10.3. The van der Waals surface area contributed by atoms with Crippen LogP contribution in [0.2, 0.25) is 0 Å². The molecule has 0 aliphatic heterocycles. The van der Waals surface area contributed by atoms with Gasteiger partial charge >= 0.3 is 0 Å². The lowest BCUT2D eigenvalue weighted by Crippen LogP contribution is -1.94. The van der Waals surface area contributed by atoms with E-state index in [-0.39, 0.29) is 5.92 Å². The van der Waals surface area contributed by atoms with E-state index in [1.54, 1.807) is 6.26 Å². The molecule has 0 aromatic carbocycles. The highest BCUT2D eigenvalue weighted by Crippen LogP contribution is 2.37. The van der Waals surface area contributed by atoms with Crippen LogP contribution in [0.4, 0.5) is 5.82 Å². The van der Waals surface area contributed by atoms with Gasteiger partial charge in [-0.2, -0.15) is 0 Å². The van der Waals surface area contributed by atoms with Gasteiger partial charge in [-0.3, -0.25) is 0 Å². The molecule has 0 fully saturated rings. The molecule has 0 bridgehead atoms. The van der Waals surface area contributed by atoms with Gasteiger partial charge in [-0.15, -0.1) is 0 Å². The van der Waals surface area contributed by atoms with Gasteiger partial charge in [0, 0.05) is 5.56 Å². The van der Waals surface area contributed by atoms with Crippen LogP contribution >= 0.6 is 15.9 Å². The van der Waals surface area contributed by atoms with Crippen molar-refractivity contribution < 1.29 is 8.94 Å². The van der Waals surface area contributed by atoms with Gasteiger partial charge in [-0.1, -0.05) is 19.0 Å². The van der Waals surface area contributed by atoms with Gasteiger partial charge in [0.25, 0.3) is 0 Å². The van der Waals surface area contributed by atoms with Crippen molar-refractivity contribution in [2.45, 2.75) is 19.8 Å². The summed E-state index contributed by atoms with van der Waals surface area (Å²) in [6.45, 7) is 4.08. The monoisotopic (exact) mass is 270 g/mol. The number of nitrogens with zero attached hydrogens (tertiary/aromatic N) is 1. The predicted molar refractivity (Wildman–Crippen MR) is 60.4 cm³/mol. The Hall–Kier alpha value is -1.23. The fraction of sp³-hybridized carbons (Fsp3) is 0.300. The van der Waals surface area contributed by atoms with Gasteiger partial charge in [0.15, 0.2) is 16.2 Å². The van der Waals surface area contributed by atoms with E-state index < -0.39 is 0 Å². The fourth-order valence-corrected chi connectivity index (χ4v) is 1.94. The van der Waals surface area contributed by atoms with Gasteiger partial charge in [0.1, 0.15) is 0 Å². The van der Waals surface area contributed by atoms with Crippen LogP contribution < -0.4 is 5.73 Å². The van der Waals surface area contributed by atoms with Crippen molar-refractivity contribution in [2.75, 3.05) is 5.73 Å². The molecule has 2 heterocycles. The van der Waals surface area contributed by atoms with Crippen molar-refractivity contribution in [1.29, 1.82) is 0 Å². The largest absolute Gasteiger partial charge is 0.457 e. The van der Waals surface area contributed by atoms with Gasteiger partial charge in [0.2, 0.25) is 0 Å². The molecule has 0 amide bonds. The van der Waals surface area contributed by atoms with Crippen LogP contribution in [0.5, 0.6) is 0 Å². The molecule has 2 aromatic heterocycles. The maximum atomic E-state index is 5.75. The average molecular weight is 271 g/mol. The topological polar surface area (TPSA) is 65.2 Å². The Bertz CT molecular complexity index is 473. The zero-order valence-corrected chi connectivity index (χ0v) is 10.0. The minimum atomic E-state index is 0.257. The summed E-state index contributed by atoms with van der Waals surface area (Å²) in [4.78, 5) is 0. The SMILES string of the molecule is CC(C)c1c(N)noc1-c1ccoc1Br. The molecule has 2 rings (SSSR count). The van der Waals surface area contributed by atoms with E-state index >= 15 is 0 Å². The summed E-state index contributed by atoms with van der Waals surface area (Å²) in [7, 11) is 0. The first-order chi connectivity index (χ1) is 7.11. The highest BCUT2D eigenvalue weighted by Gasteiger charge is 2.21. The third-order valence-corrected chi connectivity index (χ3v) is 2.81. The number of nitrogen functional groups attached to an aromatic ring is 1. The second kappa shape index (κ2) is 3.73. The Kier molecular flexibility index (Phi) is 2.56. The molecule has 0 radical (unpaired) electrons. The Labute approximate surface area is 95.6 Å². The lowest BCUT2D eigenvalue weighted by atomic mass is 10.0. The molecule has 0 unspecified atom stereocenters. The maximum absolute atomic E-state index is 5.75. The quantitative estimate of drug-likeness (QED) is 0.909. The highest BCUT2D eigenvalue weighted by atomic mass is 79.9. The van der Waals surface area contributed by atoms with Crippen LogP contribution in [0.3, 0.4) is 0 Å². The first-order valence-corrected chi connectivity index (χ1v) is 5.39. The minimum absolute atomic E-state index is 0.257. The molecule has 0 saturated heterocycles. The molecule has 15 heavy (non-hydrogen) atoms. The summed E-state index contributed by atoms with van der Waals surface area (Å²) in [5.41, 5.74) is 7.50. The van der Waals surface area contributed by atoms with Gasteiger partial charge in [-0.25, -0.2) is 0 Å². The molecule has 4 nitrogen and oxygen atoms in total. The van der Waals surface area contributed by atoms with Crippen molar-refractivity contribution >= 4 is 21.7 Å². The summed E-state index contributed by atoms with van der Waals surface area (Å²) in [5, 5.41) is 3.78. The molecule has 2 aromatic rings. The Morgan fingerprint density at radius 1 is 1.47 bits per heavy atom. The Morgan fingerprint density at radius 2 is 2.20 bits per heavy atom. The minimum Gasteiger partial charge on any atom is -0.457 e. The summed E-state index contributed by atoms with van der Waals surface area (Å²) >= 11 is 3.30. The molecule has 0 aliphatic carbocycles. The fourth-order valence-electron chi connectivity index (χ4n) is 1.52. The number of hydrogen-bond acceptors (Lipinski definition) is 4. The summed E-state index contributed by atoms with van der Waals surface area (Å²) < 4.78 is 11.0. The molecule has 80 valence electrons. The zero-order valence-electron chi connectivity index (χ0n) is 8.45. The number of hydrogen-bond donors (Lipinski definition) is 1. The number of nitrogens with two attached hydrogens (primary N) is 1. The van der Waals surface area contributed by atoms with Crippen LogP contribution in [-0.2, 0) is 0 Å². The zero-order chi connectivity index (χ0) is 11.0. The van der Waals surface area contributed by atoms with Gasteiger partial charge < -0.3 is 14.7 Å². The van der Waals surface area contributed by atoms with Crippen LogP contribution in [0.25, 0.3) is 11.3 Å². The molecular formula is C10H11BrN2O2. The normalized spacial score (nSPS) is 11.2. The average Bonchev–Trinajstić information content (AvgIpc) is 2.71. The number of furan rings is 1. The second-order valence-electron chi connectivity index (χ2n) is 3.57. The van der Waals surface area contributed by atoms with Gasteiger partial charge in [-0.05, 0) is 27.9 Å². The van der Waals surface area contributed by atoms with Crippen molar-refractivity contribution in [3.63, 3.8) is 0 Å². The smallest absolute Gasteiger partial charge is 0.180 e. The van der Waals surface area contributed by atoms with Crippen LogP contribution in [0.1, 0.15) is 25.3 Å². The van der Waals surface area contributed by atoms with E-state index in [1.165, 1.54) is 0 Å². The van der Waals surface area contributed by atoms with Crippen LogP contribution in [0.15, 0.2) is 25.9 Å². The summed E-state index contributed by atoms with van der Waals surface area (Å²) in [5.74, 6) is 1.37. The van der Waals surface area contributed by atoms with Gasteiger partial charge in [0.05, 0.1) is 11.8 Å². The number of halogens is 1. The first-order valence-electron chi connectivity index (χ1n) is 4.59. The maximum Gasteiger partial charge on any atom is 0.180 e.